The number of nitrogens with zero attached hydrogens (tertiary/aromatic N) is 1. The minimum Gasteiger partial charge on any atom is -0.480 e. The van der Waals surface area contributed by atoms with Crippen LogP contribution in [0.25, 0.3) is 0 Å². The van der Waals surface area contributed by atoms with E-state index in [4.69, 9.17) is 5.11 Å². The summed E-state index contributed by atoms with van der Waals surface area (Å²) in [6.45, 7) is -0.184. The van der Waals surface area contributed by atoms with Crippen LogP contribution in [0, 0.1) is 0 Å². The molecule has 3 nitrogen and oxygen atoms in total. The lowest BCUT2D eigenvalue weighted by Gasteiger charge is -2.29. The first-order valence-corrected chi connectivity index (χ1v) is 6.53. The van der Waals surface area contributed by atoms with Gasteiger partial charge in [0.15, 0.2) is 0 Å². The molecular weight excluding hydrogens is 271 g/mol. The Hall–Kier alpha value is -1.72. The van der Waals surface area contributed by atoms with Crippen molar-refractivity contribution in [1.29, 1.82) is 0 Å². The minimum absolute atomic E-state index is 0.0998. The van der Waals surface area contributed by atoms with Gasteiger partial charge in [-0.3, -0.25) is 4.79 Å². The summed E-state index contributed by atoms with van der Waals surface area (Å²) in [6, 6.07) is 4.80. The van der Waals surface area contributed by atoms with E-state index >= 15 is 0 Å². The maximum atomic E-state index is 12.5. The van der Waals surface area contributed by atoms with Crippen molar-refractivity contribution >= 4 is 11.7 Å². The molecule has 0 saturated heterocycles. The summed E-state index contributed by atoms with van der Waals surface area (Å²) in [5.74, 6) is -0.975. The zero-order chi connectivity index (χ0) is 14.8. The number of carboxylic acids is 1. The molecule has 0 aromatic heterocycles. The second-order valence-electron chi connectivity index (χ2n) is 5.00. The largest absolute Gasteiger partial charge is 0.480 e. The summed E-state index contributed by atoms with van der Waals surface area (Å²) in [5.41, 5.74) is -0.185. The van der Waals surface area contributed by atoms with E-state index in [1.54, 1.807) is 4.90 Å². The first-order valence-electron chi connectivity index (χ1n) is 6.53. The Kier molecular flexibility index (Phi) is 4.20. The van der Waals surface area contributed by atoms with Crippen LogP contribution in [-0.2, 0) is 11.0 Å². The Bertz CT molecular complexity index is 464. The molecule has 1 aromatic rings. The molecule has 6 heteroatoms. The number of alkyl halides is 3. The van der Waals surface area contributed by atoms with Crippen LogP contribution in [0.4, 0.5) is 18.9 Å². The third-order valence-corrected chi connectivity index (χ3v) is 3.60. The van der Waals surface area contributed by atoms with E-state index < -0.39 is 17.7 Å². The van der Waals surface area contributed by atoms with Gasteiger partial charge >= 0.3 is 12.1 Å². The normalized spacial score (nSPS) is 16.4. The molecule has 0 aliphatic heterocycles. The van der Waals surface area contributed by atoms with Crippen LogP contribution in [0.15, 0.2) is 24.3 Å². The number of carbonyl (C=O) groups is 1. The van der Waals surface area contributed by atoms with Crippen molar-refractivity contribution in [1.82, 2.24) is 0 Å². The van der Waals surface area contributed by atoms with E-state index in [2.05, 4.69) is 0 Å². The fraction of sp³-hybridized carbons (Fsp3) is 0.500. The topological polar surface area (TPSA) is 40.5 Å². The summed E-state index contributed by atoms with van der Waals surface area (Å²) >= 11 is 0. The van der Waals surface area contributed by atoms with Crippen molar-refractivity contribution in [3.8, 4) is 0 Å². The number of anilines is 1. The first-order chi connectivity index (χ1) is 9.38. The molecule has 0 unspecified atom stereocenters. The van der Waals surface area contributed by atoms with Crippen LogP contribution in [0.3, 0.4) is 0 Å². The number of carboxylic acid groups (broad SMARTS) is 1. The predicted octanol–water partition coefficient (Wildman–Crippen LogP) is 3.54. The van der Waals surface area contributed by atoms with Gasteiger partial charge in [-0.15, -0.1) is 0 Å². The molecule has 1 aliphatic rings. The molecule has 1 N–H and O–H groups in total. The van der Waals surface area contributed by atoms with E-state index in [1.165, 1.54) is 12.1 Å². The van der Waals surface area contributed by atoms with E-state index in [0.717, 1.165) is 37.8 Å². The highest BCUT2D eigenvalue weighted by Crippen LogP contribution is 2.32. The highest BCUT2D eigenvalue weighted by atomic mass is 19.4. The van der Waals surface area contributed by atoms with Crippen LogP contribution in [0.5, 0.6) is 0 Å². The van der Waals surface area contributed by atoms with Gasteiger partial charge in [0.1, 0.15) is 6.54 Å². The Morgan fingerprint density at radius 2 is 1.75 bits per heavy atom. The average molecular weight is 287 g/mol. The fourth-order valence-electron chi connectivity index (χ4n) is 2.63. The van der Waals surface area contributed by atoms with Crippen LogP contribution in [0.1, 0.15) is 31.2 Å². The van der Waals surface area contributed by atoms with Gasteiger partial charge in [-0.2, -0.15) is 13.2 Å². The third kappa shape index (κ3) is 3.43. The summed E-state index contributed by atoms with van der Waals surface area (Å²) in [7, 11) is 0. The minimum atomic E-state index is -4.37. The number of benzene rings is 1. The number of hydrogen-bond donors (Lipinski definition) is 1. The van der Waals surface area contributed by atoms with E-state index in [1.807, 2.05) is 0 Å². The molecule has 0 bridgehead atoms. The summed E-state index contributed by atoms with van der Waals surface area (Å²) in [5, 5.41) is 8.97. The Balaban J connectivity index is 2.22. The first kappa shape index (κ1) is 14.7. The molecule has 1 aliphatic carbocycles. The summed E-state index contributed by atoms with van der Waals surface area (Å²) < 4.78 is 37.6. The lowest BCUT2D eigenvalue weighted by Crippen LogP contribution is -2.37. The number of rotatable bonds is 4. The molecule has 2 rings (SSSR count). The fourth-order valence-corrected chi connectivity index (χ4v) is 2.63. The van der Waals surface area contributed by atoms with Crippen molar-refractivity contribution in [2.45, 2.75) is 37.9 Å². The maximum Gasteiger partial charge on any atom is 0.416 e. The number of halogens is 3. The zero-order valence-corrected chi connectivity index (χ0v) is 10.9. The number of aliphatic carboxylic acids is 1. The van der Waals surface area contributed by atoms with Crippen LogP contribution in [0.2, 0.25) is 0 Å². The van der Waals surface area contributed by atoms with Crippen molar-refractivity contribution in [3.63, 3.8) is 0 Å². The van der Waals surface area contributed by atoms with Crippen molar-refractivity contribution in [2.24, 2.45) is 0 Å². The molecule has 0 heterocycles. The Labute approximate surface area is 115 Å². The number of hydrogen-bond acceptors (Lipinski definition) is 2. The average Bonchev–Trinajstić information content (AvgIpc) is 2.88. The zero-order valence-electron chi connectivity index (χ0n) is 10.9. The predicted molar refractivity (Wildman–Crippen MR) is 68.7 cm³/mol. The van der Waals surface area contributed by atoms with Crippen molar-refractivity contribution < 1.29 is 23.1 Å². The SMILES string of the molecule is O=C(O)CN(c1ccc(C(F)(F)F)cc1)C1CCCC1. The standard InChI is InChI=1S/C14H16F3NO2/c15-14(16,17)10-5-7-12(8-6-10)18(9-13(19)20)11-3-1-2-4-11/h5-8,11H,1-4,9H2,(H,19,20). The molecule has 0 amide bonds. The lowest BCUT2D eigenvalue weighted by atomic mass is 10.1. The van der Waals surface area contributed by atoms with Crippen LogP contribution in [-0.4, -0.2) is 23.7 Å². The van der Waals surface area contributed by atoms with Gasteiger partial charge in [-0.1, -0.05) is 12.8 Å². The Morgan fingerprint density at radius 3 is 2.20 bits per heavy atom. The monoisotopic (exact) mass is 287 g/mol. The molecule has 1 saturated carbocycles. The molecule has 1 fully saturated rings. The van der Waals surface area contributed by atoms with Gasteiger partial charge in [-0.25, -0.2) is 0 Å². The van der Waals surface area contributed by atoms with Gasteiger partial charge in [-0.05, 0) is 37.1 Å². The second kappa shape index (κ2) is 5.73. The van der Waals surface area contributed by atoms with E-state index in [9.17, 15) is 18.0 Å². The van der Waals surface area contributed by atoms with E-state index in [0.29, 0.717) is 5.69 Å². The highest BCUT2D eigenvalue weighted by Gasteiger charge is 2.31. The van der Waals surface area contributed by atoms with Crippen molar-refractivity contribution in [2.75, 3.05) is 11.4 Å². The van der Waals surface area contributed by atoms with E-state index in [-0.39, 0.29) is 12.6 Å². The van der Waals surface area contributed by atoms with Gasteiger partial charge in [0.25, 0.3) is 0 Å². The molecule has 0 radical (unpaired) electrons. The third-order valence-electron chi connectivity index (χ3n) is 3.60. The van der Waals surface area contributed by atoms with Crippen LogP contribution >= 0.6 is 0 Å². The summed E-state index contributed by atoms with van der Waals surface area (Å²) in [6.07, 6.45) is -0.547. The molecular formula is C14H16F3NO2. The Morgan fingerprint density at radius 1 is 1.20 bits per heavy atom. The van der Waals surface area contributed by atoms with Crippen molar-refractivity contribution in [3.05, 3.63) is 29.8 Å². The molecule has 110 valence electrons. The molecule has 1 aromatic carbocycles. The van der Waals surface area contributed by atoms with Crippen LogP contribution < -0.4 is 4.90 Å². The maximum absolute atomic E-state index is 12.5. The smallest absolute Gasteiger partial charge is 0.416 e. The highest BCUT2D eigenvalue weighted by molar-refractivity contribution is 5.74. The second-order valence-corrected chi connectivity index (χ2v) is 5.00. The molecule has 0 atom stereocenters. The molecule has 0 spiro atoms. The van der Waals surface area contributed by atoms with Gasteiger partial charge in [0, 0.05) is 11.7 Å². The van der Waals surface area contributed by atoms with Gasteiger partial charge < -0.3 is 10.0 Å². The lowest BCUT2D eigenvalue weighted by molar-refractivity contribution is -0.138. The molecule has 20 heavy (non-hydrogen) atoms. The summed E-state index contributed by atoms with van der Waals surface area (Å²) in [4.78, 5) is 12.6. The van der Waals surface area contributed by atoms with Gasteiger partial charge in [0.2, 0.25) is 0 Å². The van der Waals surface area contributed by atoms with Gasteiger partial charge in [0.05, 0.1) is 5.56 Å². The quantitative estimate of drug-likeness (QED) is 0.920.